The van der Waals surface area contributed by atoms with Gasteiger partial charge in [0.1, 0.15) is 0 Å². The lowest BCUT2D eigenvalue weighted by Crippen LogP contribution is -2.42. The minimum Gasteiger partial charge on any atom is -0.320 e. The number of hydrogen-bond donors (Lipinski definition) is 1. The summed E-state index contributed by atoms with van der Waals surface area (Å²) in [6.45, 7) is 8.44. The van der Waals surface area contributed by atoms with Gasteiger partial charge in [0.05, 0.1) is 0 Å². The molecule has 3 heteroatoms. The van der Waals surface area contributed by atoms with Gasteiger partial charge in [-0.2, -0.15) is 11.8 Å². The van der Waals surface area contributed by atoms with Gasteiger partial charge in [0.25, 0.3) is 0 Å². The van der Waals surface area contributed by atoms with E-state index in [4.69, 9.17) is 0 Å². The zero-order valence-corrected chi connectivity index (χ0v) is 10.6. The van der Waals surface area contributed by atoms with Crippen LogP contribution in [0, 0.1) is 0 Å². The molecule has 0 radical (unpaired) electrons. The van der Waals surface area contributed by atoms with Gasteiger partial charge in [0, 0.05) is 30.1 Å². The minimum atomic E-state index is 0.770. The van der Waals surface area contributed by atoms with Crippen LogP contribution in [-0.2, 0) is 0 Å². The Morgan fingerprint density at radius 1 is 1.57 bits per heavy atom. The van der Waals surface area contributed by atoms with E-state index in [1.54, 1.807) is 0 Å². The summed E-state index contributed by atoms with van der Waals surface area (Å²) in [5.74, 6) is 1.32. The zero-order valence-electron chi connectivity index (χ0n) is 9.75. The number of nitrogens with one attached hydrogen (secondary N) is 1. The lowest BCUT2D eigenvalue weighted by Gasteiger charge is -2.35. The van der Waals surface area contributed by atoms with Crippen LogP contribution < -0.4 is 5.32 Å². The molecule has 0 aromatic heterocycles. The molecule has 0 spiro atoms. The maximum atomic E-state index is 3.21. The van der Waals surface area contributed by atoms with Crippen LogP contribution in [0.15, 0.2) is 0 Å². The first-order valence-electron chi connectivity index (χ1n) is 5.74. The molecule has 0 aromatic carbocycles. The van der Waals surface area contributed by atoms with Crippen LogP contribution in [0.1, 0.15) is 26.7 Å². The van der Waals surface area contributed by atoms with E-state index in [1.807, 2.05) is 7.05 Å². The Labute approximate surface area is 92.8 Å². The van der Waals surface area contributed by atoms with Crippen LogP contribution in [-0.4, -0.2) is 48.6 Å². The van der Waals surface area contributed by atoms with Gasteiger partial charge in [-0.05, 0) is 33.4 Å². The molecule has 2 atom stereocenters. The Morgan fingerprint density at radius 3 is 3.00 bits per heavy atom. The molecule has 0 bridgehead atoms. The normalized spacial score (nSPS) is 26.4. The first-order chi connectivity index (χ1) is 6.74. The first kappa shape index (κ1) is 12.3. The van der Waals surface area contributed by atoms with Crippen LogP contribution in [0.3, 0.4) is 0 Å². The second kappa shape index (κ2) is 6.70. The van der Waals surface area contributed by atoms with E-state index in [0.29, 0.717) is 0 Å². The monoisotopic (exact) mass is 216 g/mol. The average Bonchev–Trinajstić information content (AvgIpc) is 2.18. The molecule has 1 saturated heterocycles. The van der Waals surface area contributed by atoms with Crippen LogP contribution in [0.25, 0.3) is 0 Å². The Bertz CT molecular complexity index is 152. The minimum absolute atomic E-state index is 0.770. The molecule has 0 amide bonds. The summed E-state index contributed by atoms with van der Waals surface area (Å²) in [5, 5.41) is 4.04. The van der Waals surface area contributed by atoms with Crippen LogP contribution in [0.4, 0.5) is 0 Å². The molecule has 84 valence electrons. The van der Waals surface area contributed by atoms with Gasteiger partial charge >= 0.3 is 0 Å². The Hall–Kier alpha value is 0.270. The van der Waals surface area contributed by atoms with Crippen molar-refractivity contribution in [3.05, 3.63) is 0 Å². The van der Waals surface area contributed by atoms with E-state index in [1.165, 1.54) is 31.7 Å². The summed E-state index contributed by atoms with van der Waals surface area (Å²) in [6.07, 6.45) is 2.63. The molecule has 1 aliphatic heterocycles. The molecule has 1 rings (SSSR count). The predicted octanol–water partition coefficient (Wildman–Crippen LogP) is 1.81. The Kier molecular flexibility index (Phi) is 5.90. The number of hydrogen-bond acceptors (Lipinski definition) is 3. The molecule has 2 unspecified atom stereocenters. The highest BCUT2D eigenvalue weighted by molar-refractivity contribution is 7.99. The van der Waals surface area contributed by atoms with Crippen molar-refractivity contribution in [1.29, 1.82) is 0 Å². The first-order valence-corrected chi connectivity index (χ1v) is 6.79. The molecular weight excluding hydrogens is 192 g/mol. The van der Waals surface area contributed by atoms with Crippen LogP contribution in [0.5, 0.6) is 0 Å². The third-order valence-electron chi connectivity index (χ3n) is 2.94. The summed E-state index contributed by atoms with van der Waals surface area (Å²) in [6, 6.07) is 0.770. The van der Waals surface area contributed by atoms with E-state index in [0.717, 1.165) is 17.8 Å². The van der Waals surface area contributed by atoms with E-state index in [9.17, 15) is 0 Å². The number of nitrogens with zero attached hydrogens (tertiary/aromatic N) is 1. The highest BCUT2D eigenvalue weighted by Crippen LogP contribution is 2.20. The van der Waals surface area contributed by atoms with E-state index < -0.39 is 0 Å². The summed E-state index contributed by atoms with van der Waals surface area (Å²) < 4.78 is 0. The maximum Gasteiger partial charge on any atom is 0.0147 e. The van der Waals surface area contributed by atoms with Gasteiger partial charge in [-0.15, -0.1) is 0 Å². The Balaban J connectivity index is 2.18. The molecule has 2 nitrogen and oxygen atoms in total. The smallest absolute Gasteiger partial charge is 0.0147 e. The fraction of sp³-hybridized carbons (Fsp3) is 1.00. The zero-order chi connectivity index (χ0) is 10.4. The van der Waals surface area contributed by atoms with Crippen molar-refractivity contribution in [3.8, 4) is 0 Å². The Morgan fingerprint density at radius 2 is 2.36 bits per heavy atom. The van der Waals surface area contributed by atoms with Gasteiger partial charge in [-0.3, -0.25) is 4.90 Å². The van der Waals surface area contributed by atoms with Crippen molar-refractivity contribution >= 4 is 11.8 Å². The molecule has 1 aliphatic rings. The second-order valence-electron chi connectivity index (χ2n) is 4.27. The summed E-state index contributed by atoms with van der Waals surface area (Å²) in [5.41, 5.74) is 0. The third kappa shape index (κ3) is 4.20. The standard InChI is InChI=1S/C11H24N2S/c1-10(5-4-6-12-3)13-7-8-14-11(2)9-13/h10-12H,4-9H2,1-3H3. The van der Waals surface area contributed by atoms with Crippen LogP contribution >= 0.6 is 11.8 Å². The van der Waals surface area contributed by atoms with Crippen molar-refractivity contribution in [2.45, 2.75) is 38.0 Å². The largest absolute Gasteiger partial charge is 0.320 e. The van der Waals surface area contributed by atoms with Gasteiger partial charge < -0.3 is 5.32 Å². The molecule has 14 heavy (non-hydrogen) atoms. The van der Waals surface area contributed by atoms with Crippen molar-refractivity contribution in [1.82, 2.24) is 10.2 Å². The van der Waals surface area contributed by atoms with E-state index in [2.05, 4.69) is 35.8 Å². The lowest BCUT2D eigenvalue weighted by molar-refractivity contribution is 0.206. The highest BCUT2D eigenvalue weighted by atomic mass is 32.2. The van der Waals surface area contributed by atoms with Crippen molar-refractivity contribution in [3.63, 3.8) is 0 Å². The highest BCUT2D eigenvalue weighted by Gasteiger charge is 2.20. The lowest BCUT2D eigenvalue weighted by atomic mass is 10.1. The average molecular weight is 216 g/mol. The van der Waals surface area contributed by atoms with E-state index in [-0.39, 0.29) is 0 Å². The molecule has 0 aromatic rings. The third-order valence-corrected chi connectivity index (χ3v) is 4.08. The molecule has 1 N–H and O–H groups in total. The maximum absolute atomic E-state index is 3.21. The fourth-order valence-corrected chi connectivity index (χ4v) is 3.04. The molecule has 1 heterocycles. The number of thioether (sulfide) groups is 1. The summed E-state index contributed by atoms with van der Waals surface area (Å²) >= 11 is 2.11. The van der Waals surface area contributed by atoms with Gasteiger partial charge in [0.2, 0.25) is 0 Å². The SMILES string of the molecule is CNCCCC(C)N1CCSC(C)C1. The predicted molar refractivity (Wildman–Crippen MR) is 66.1 cm³/mol. The molecule has 1 fully saturated rings. The van der Waals surface area contributed by atoms with Gasteiger partial charge in [-0.25, -0.2) is 0 Å². The topological polar surface area (TPSA) is 15.3 Å². The number of rotatable bonds is 5. The van der Waals surface area contributed by atoms with Crippen molar-refractivity contribution in [2.24, 2.45) is 0 Å². The van der Waals surface area contributed by atoms with Gasteiger partial charge in [-0.1, -0.05) is 6.92 Å². The fourth-order valence-electron chi connectivity index (χ4n) is 2.00. The van der Waals surface area contributed by atoms with Crippen LogP contribution in [0.2, 0.25) is 0 Å². The summed E-state index contributed by atoms with van der Waals surface area (Å²) in [7, 11) is 2.03. The quantitative estimate of drug-likeness (QED) is 0.706. The molecular formula is C11H24N2S. The van der Waals surface area contributed by atoms with Crippen molar-refractivity contribution in [2.75, 3.05) is 32.4 Å². The second-order valence-corrected chi connectivity index (χ2v) is 5.82. The van der Waals surface area contributed by atoms with Gasteiger partial charge in [0.15, 0.2) is 0 Å². The molecule has 0 saturated carbocycles. The summed E-state index contributed by atoms with van der Waals surface area (Å²) in [4.78, 5) is 2.65. The van der Waals surface area contributed by atoms with Crippen molar-refractivity contribution < 1.29 is 0 Å². The van der Waals surface area contributed by atoms with E-state index >= 15 is 0 Å². The molecule has 0 aliphatic carbocycles.